The first-order valence-electron chi connectivity index (χ1n) is 6.68. The lowest BCUT2D eigenvalue weighted by Gasteiger charge is -2.23. The monoisotopic (exact) mass is 304 g/mol. The van der Waals surface area contributed by atoms with Crippen LogP contribution in [0.15, 0.2) is 42.5 Å². The van der Waals surface area contributed by atoms with Crippen LogP contribution in [0, 0.1) is 5.82 Å². The second-order valence-corrected chi connectivity index (χ2v) is 5.37. The molecule has 0 bridgehead atoms. The van der Waals surface area contributed by atoms with E-state index in [0.29, 0.717) is 13.1 Å². The van der Waals surface area contributed by atoms with Crippen molar-refractivity contribution >= 4 is 23.2 Å². The Morgan fingerprint density at radius 2 is 2.00 bits per heavy atom. The number of halogens is 2. The molecule has 1 amide bonds. The first-order chi connectivity index (χ1) is 10.1. The molecule has 1 aliphatic rings. The molecule has 3 rings (SSSR count). The third kappa shape index (κ3) is 2.91. The van der Waals surface area contributed by atoms with Crippen molar-refractivity contribution in [2.24, 2.45) is 0 Å². The van der Waals surface area contributed by atoms with Gasteiger partial charge in [-0.15, -0.1) is 0 Å². The molecule has 1 N–H and O–H groups in total. The number of fused-ring (bicyclic) bond motifs is 1. The molecule has 21 heavy (non-hydrogen) atoms. The summed E-state index contributed by atoms with van der Waals surface area (Å²) in [5.41, 5.74) is 2.75. The van der Waals surface area contributed by atoms with E-state index < -0.39 is 5.82 Å². The number of anilines is 1. The summed E-state index contributed by atoms with van der Waals surface area (Å²) in [6.07, 6.45) is 0. The van der Waals surface area contributed by atoms with E-state index in [2.05, 4.69) is 5.32 Å². The molecule has 0 aliphatic carbocycles. The Bertz CT molecular complexity index is 690. The van der Waals surface area contributed by atoms with Crippen molar-refractivity contribution in [3.05, 3.63) is 64.4 Å². The van der Waals surface area contributed by atoms with E-state index in [1.165, 1.54) is 6.07 Å². The normalized spacial score (nSPS) is 14.8. The predicted molar refractivity (Wildman–Crippen MR) is 80.7 cm³/mol. The maximum atomic E-state index is 13.2. The summed E-state index contributed by atoms with van der Waals surface area (Å²) in [7, 11) is 0. The fourth-order valence-electron chi connectivity index (χ4n) is 2.45. The Morgan fingerprint density at radius 1 is 1.19 bits per heavy atom. The zero-order chi connectivity index (χ0) is 14.8. The average molecular weight is 305 g/mol. The van der Waals surface area contributed by atoms with E-state index in [0.717, 1.165) is 16.8 Å². The van der Waals surface area contributed by atoms with Crippen LogP contribution < -0.4 is 10.2 Å². The zero-order valence-corrected chi connectivity index (χ0v) is 12.0. The summed E-state index contributed by atoms with van der Waals surface area (Å²) in [6.45, 7) is 1.31. The Labute approximate surface area is 127 Å². The summed E-state index contributed by atoms with van der Waals surface area (Å²) < 4.78 is 13.2. The van der Waals surface area contributed by atoms with Gasteiger partial charge in [0, 0.05) is 12.2 Å². The first kappa shape index (κ1) is 14.0. The summed E-state index contributed by atoms with van der Waals surface area (Å²) in [6, 6.07) is 12.3. The van der Waals surface area contributed by atoms with Gasteiger partial charge < -0.3 is 10.2 Å². The number of carbonyl (C=O) groups is 1. The van der Waals surface area contributed by atoms with Gasteiger partial charge in [-0.25, -0.2) is 4.39 Å². The molecule has 108 valence electrons. The predicted octanol–water partition coefficient (Wildman–Crippen LogP) is 3.12. The molecule has 0 radical (unpaired) electrons. The molecule has 1 aliphatic heterocycles. The van der Waals surface area contributed by atoms with Gasteiger partial charge in [0.1, 0.15) is 5.82 Å². The summed E-state index contributed by atoms with van der Waals surface area (Å²) >= 11 is 5.81. The number of amides is 1. The lowest BCUT2D eigenvalue weighted by Crippen LogP contribution is -2.35. The highest BCUT2D eigenvalue weighted by Gasteiger charge is 2.21. The van der Waals surface area contributed by atoms with Crippen LogP contribution in [0.2, 0.25) is 5.02 Å². The SMILES string of the molecule is O=C1CNCc2ccccc2N1Cc1ccc(F)c(Cl)c1. The van der Waals surface area contributed by atoms with Gasteiger partial charge in [0.05, 0.1) is 18.1 Å². The molecule has 0 unspecified atom stereocenters. The van der Waals surface area contributed by atoms with Gasteiger partial charge in [0.15, 0.2) is 0 Å². The van der Waals surface area contributed by atoms with Crippen molar-refractivity contribution < 1.29 is 9.18 Å². The lowest BCUT2D eigenvalue weighted by molar-refractivity contribution is -0.117. The van der Waals surface area contributed by atoms with E-state index >= 15 is 0 Å². The number of hydrogen-bond acceptors (Lipinski definition) is 2. The lowest BCUT2D eigenvalue weighted by atomic mass is 10.1. The van der Waals surface area contributed by atoms with Crippen LogP contribution >= 0.6 is 11.6 Å². The average Bonchev–Trinajstić information content (AvgIpc) is 2.63. The third-order valence-electron chi connectivity index (χ3n) is 3.50. The van der Waals surface area contributed by atoms with Gasteiger partial charge in [0.25, 0.3) is 0 Å². The second kappa shape index (κ2) is 5.84. The minimum absolute atomic E-state index is 0.0135. The molecule has 1 heterocycles. The minimum Gasteiger partial charge on any atom is -0.307 e. The zero-order valence-electron chi connectivity index (χ0n) is 11.3. The Morgan fingerprint density at radius 3 is 2.81 bits per heavy atom. The molecule has 0 saturated heterocycles. The summed E-state index contributed by atoms with van der Waals surface area (Å²) in [5.74, 6) is -0.468. The number of carbonyl (C=O) groups excluding carboxylic acids is 1. The van der Waals surface area contributed by atoms with Crippen molar-refractivity contribution in [1.82, 2.24) is 5.32 Å². The summed E-state index contributed by atoms with van der Waals surface area (Å²) in [4.78, 5) is 14.0. The molecule has 0 fully saturated rings. The van der Waals surface area contributed by atoms with Crippen LogP contribution in [0.4, 0.5) is 10.1 Å². The molecule has 2 aromatic carbocycles. The Balaban J connectivity index is 1.95. The highest BCUT2D eigenvalue weighted by atomic mass is 35.5. The van der Waals surface area contributed by atoms with Crippen molar-refractivity contribution in [2.45, 2.75) is 13.1 Å². The van der Waals surface area contributed by atoms with Gasteiger partial charge in [-0.05, 0) is 29.3 Å². The Hall–Kier alpha value is -1.91. The number of nitrogens with zero attached hydrogens (tertiary/aromatic N) is 1. The van der Waals surface area contributed by atoms with E-state index in [-0.39, 0.29) is 17.5 Å². The topological polar surface area (TPSA) is 32.3 Å². The van der Waals surface area contributed by atoms with Crippen LogP contribution in [0.25, 0.3) is 0 Å². The number of nitrogens with one attached hydrogen (secondary N) is 1. The largest absolute Gasteiger partial charge is 0.307 e. The molecule has 0 spiro atoms. The quantitative estimate of drug-likeness (QED) is 0.924. The van der Waals surface area contributed by atoms with Gasteiger partial charge in [-0.1, -0.05) is 35.9 Å². The van der Waals surface area contributed by atoms with Crippen molar-refractivity contribution in [2.75, 3.05) is 11.4 Å². The molecular formula is C16H14ClFN2O. The summed E-state index contributed by atoms with van der Waals surface area (Å²) in [5, 5.41) is 3.18. The number of benzene rings is 2. The standard InChI is InChI=1S/C16H14ClFN2O/c17-13-7-11(5-6-14(13)18)10-20-15-4-2-1-3-12(15)8-19-9-16(20)21/h1-7,19H,8-10H2. The molecule has 3 nitrogen and oxygen atoms in total. The molecule has 0 saturated carbocycles. The number of hydrogen-bond donors (Lipinski definition) is 1. The molecule has 5 heteroatoms. The maximum Gasteiger partial charge on any atom is 0.241 e. The van der Waals surface area contributed by atoms with Crippen molar-refractivity contribution in [1.29, 1.82) is 0 Å². The Kier molecular flexibility index (Phi) is 3.90. The van der Waals surface area contributed by atoms with E-state index in [9.17, 15) is 9.18 Å². The van der Waals surface area contributed by atoms with Gasteiger partial charge in [-0.3, -0.25) is 4.79 Å². The number of para-hydroxylation sites is 1. The van der Waals surface area contributed by atoms with Gasteiger partial charge >= 0.3 is 0 Å². The van der Waals surface area contributed by atoms with Crippen LogP contribution in [-0.4, -0.2) is 12.5 Å². The van der Waals surface area contributed by atoms with Crippen molar-refractivity contribution in [3.63, 3.8) is 0 Å². The van der Waals surface area contributed by atoms with Gasteiger partial charge in [0.2, 0.25) is 5.91 Å². The first-order valence-corrected chi connectivity index (χ1v) is 7.06. The highest BCUT2D eigenvalue weighted by molar-refractivity contribution is 6.30. The molecule has 0 atom stereocenters. The van der Waals surface area contributed by atoms with Crippen LogP contribution in [0.3, 0.4) is 0 Å². The number of rotatable bonds is 2. The van der Waals surface area contributed by atoms with E-state index in [1.54, 1.807) is 17.0 Å². The molecule has 2 aromatic rings. The fourth-order valence-corrected chi connectivity index (χ4v) is 2.65. The minimum atomic E-state index is -0.454. The third-order valence-corrected chi connectivity index (χ3v) is 3.79. The van der Waals surface area contributed by atoms with E-state index in [4.69, 9.17) is 11.6 Å². The smallest absolute Gasteiger partial charge is 0.241 e. The van der Waals surface area contributed by atoms with E-state index in [1.807, 2.05) is 24.3 Å². The molecular weight excluding hydrogens is 291 g/mol. The molecule has 0 aromatic heterocycles. The highest BCUT2D eigenvalue weighted by Crippen LogP contribution is 2.25. The van der Waals surface area contributed by atoms with Gasteiger partial charge in [-0.2, -0.15) is 0 Å². The fraction of sp³-hybridized carbons (Fsp3) is 0.188. The van der Waals surface area contributed by atoms with Crippen LogP contribution in [0.1, 0.15) is 11.1 Å². The van der Waals surface area contributed by atoms with Crippen LogP contribution in [0.5, 0.6) is 0 Å². The van der Waals surface area contributed by atoms with Crippen LogP contribution in [-0.2, 0) is 17.9 Å². The second-order valence-electron chi connectivity index (χ2n) is 4.96. The van der Waals surface area contributed by atoms with Crippen molar-refractivity contribution in [3.8, 4) is 0 Å². The maximum absolute atomic E-state index is 13.2.